The Morgan fingerprint density at radius 3 is 1.31 bits per heavy atom. The SMILES string of the molecule is c1ccc([I-]c2ccccc2)cc1. The summed E-state index contributed by atoms with van der Waals surface area (Å²) >= 11 is 0.0287. The van der Waals surface area contributed by atoms with E-state index >= 15 is 0 Å². The fourth-order valence-electron chi connectivity index (χ4n) is 1.08. The Morgan fingerprint density at radius 2 is 0.923 bits per heavy atom. The van der Waals surface area contributed by atoms with Gasteiger partial charge in [-0.2, -0.15) is 0 Å². The van der Waals surface area contributed by atoms with E-state index in [1.807, 2.05) is 0 Å². The zero-order valence-electron chi connectivity index (χ0n) is 7.15. The normalized spacial score (nSPS) is 10.2. The molecule has 1 heteroatoms. The van der Waals surface area contributed by atoms with Crippen molar-refractivity contribution in [2.45, 2.75) is 0 Å². The second kappa shape index (κ2) is 4.42. The zero-order valence-corrected chi connectivity index (χ0v) is 9.31. The molecule has 0 spiro atoms. The van der Waals surface area contributed by atoms with Gasteiger partial charge in [0, 0.05) is 0 Å². The van der Waals surface area contributed by atoms with Crippen molar-refractivity contribution in [3.05, 3.63) is 67.8 Å². The van der Waals surface area contributed by atoms with E-state index in [4.69, 9.17) is 0 Å². The molecular formula is C12H10I-. The molecule has 0 aliphatic rings. The number of benzene rings is 2. The Morgan fingerprint density at radius 1 is 0.538 bits per heavy atom. The molecule has 0 heterocycles. The molecule has 0 aliphatic carbocycles. The quantitative estimate of drug-likeness (QED) is 0.670. The maximum absolute atomic E-state index is 2.21. The number of halogens is 1. The molecule has 0 unspecified atom stereocenters. The van der Waals surface area contributed by atoms with Crippen LogP contribution in [0, 0.1) is 7.14 Å². The Kier molecular flexibility index (Phi) is 2.98. The molecule has 13 heavy (non-hydrogen) atoms. The van der Waals surface area contributed by atoms with E-state index in [-0.39, 0.29) is 21.2 Å². The molecular weight excluding hydrogens is 271 g/mol. The van der Waals surface area contributed by atoms with Crippen LogP contribution < -0.4 is 21.2 Å². The average Bonchev–Trinajstić information content (AvgIpc) is 2.21. The van der Waals surface area contributed by atoms with Crippen LogP contribution in [0.25, 0.3) is 0 Å². The standard InChI is InChI=1S/C12H10I/c1-3-7-11(8-4-1)13-12-9-5-2-6-10-12/h1-10H/q-1. The second-order valence-electron chi connectivity index (χ2n) is 2.69. The van der Waals surface area contributed by atoms with Gasteiger partial charge < -0.3 is 0 Å². The van der Waals surface area contributed by atoms with Gasteiger partial charge in [0.05, 0.1) is 0 Å². The van der Waals surface area contributed by atoms with Gasteiger partial charge >= 0.3 is 89.0 Å². The molecule has 0 aromatic heterocycles. The zero-order chi connectivity index (χ0) is 8.93. The van der Waals surface area contributed by atoms with Crippen LogP contribution in [0.15, 0.2) is 60.7 Å². The van der Waals surface area contributed by atoms with E-state index < -0.39 is 0 Å². The van der Waals surface area contributed by atoms with Crippen molar-refractivity contribution in [2.75, 3.05) is 0 Å². The molecule has 0 N–H and O–H groups in total. The molecule has 0 radical (unpaired) electrons. The van der Waals surface area contributed by atoms with Crippen LogP contribution >= 0.6 is 0 Å². The summed E-state index contributed by atoms with van der Waals surface area (Å²) in [5.41, 5.74) is 0. The van der Waals surface area contributed by atoms with Crippen molar-refractivity contribution in [3.63, 3.8) is 0 Å². The fraction of sp³-hybridized carbons (Fsp3) is 0. The van der Waals surface area contributed by atoms with Gasteiger partial charge in [0.2, 0.25) is 0 Å². The molecule has 0 aliphatic heterocycles. The Hall–Kier alpha value is -0.830. The van der Waals surface area contributed by atoms with Crippen molar-refractivity contribution in [1.29, 1.82) is 0 Å². The molecule has 0 saturated heterocycles. The van der Waals surface area contributed by atoms with E-state index in [0.717, 1.165) is 0 Å². The van der Waals surface area contributed by atoms with Crippen molar-refractivity contribution < 1.29 is 21.2 Å². The van der Waals surface area contributed by atoms with Gasteiger partial charge in [-0.15, -0.1) is 0 Å². The van der Waals surface area contributed by atoms with Gasteiger partial charge in [-0.1, -0.05) is 0 Å². The summed E-state index contributed by atoms with van der Waals surface area (Å²) < 4.78 is 2.96. The van der Waals surface area contributed by atoms with Crippen LogP contribution in [0.3, 0.4) is 0 Å². The summed E-state index contributed by atoms with van der Waals surface area (Å²) in [7, 11) is 0. The predicted octanol–water partition coefficient (Wildman–Crippen LogP) is -0.185. The minimum atomic E-state index is 0.0287. The summed E-state index contributed by atoms with van der Waals surface area (Å²) in [5, 5.41) is 0. The minimum absolute atomic E-state index is 0.0287. The summed E-state index contributed by atoms with van der Waals surface area (Å²) in [5.74, 6) is 0. The first-order valence-corrected chi connectivity index (χ1v) is 6.36. The van der Waals surface area contributed by atoms with Crippen LogP contribution in [0.2, 0.25) is 0 Å². The van der Waals surface area contributed by atoms with Crippen LogP contribution in [0.1, 0.15) is 0 Å². The Balaban J connectivity index is 2.16. The first-order valence-electron chi connectivity index (χ1n) is 4.20. The third kappa shape index (κ3) is 2.56. The van der Waals surface area contributed by atoms with Gasteiger partial charge in [-0.25, -0.2) is 0 Å². The van der Waals surface area contributed by atoms with Gasteiger partial charge in [0.1, 0.15) is 0 Å². The molecule has 0 bridgehead atoms. The predicted molar refractivity (Wildman–Crippen MR) is 50.3 cm³/mol. The Labute approximate surface area is 88.9 Å². The van der Waals surface area contributed by atoms with Crippen LogP contribution in [0.4, 0.5) is 0 Å². The summed E-state index contributed by atoms with van der Waals surface area (Å²) in [6, 6.07) is 21.4. The van der Waals surface area contributed by atoms with E-state index in [9.17, 15) is 0 Å². The molecule has 2 rings (SSSR count). The second-order valence-corrected chi connectivity index (χ2v) is 5.72. The molecule has 2 aromatic carbocycles. The van der Waals surface area contributed by atoms with E-state index in [1.54, 1.807) is 0 Å². The number of rotatable bonds is 2. The van der Waals surface area contributed by atoms with Crippen LogP contribution in [-0.4, -0.2) is 0 Å². The summed E-state index contributed by atoms with van der Waals surface area (Å²) in [6.45, 7) is 0. The van der Waals surface area contributed by atoms with Gasteiger partial charge in [-0.3, -0.25) is 0 Å². The fourth-order valence-corrected chi connectivity index (χ4v) is 3.35. The van der Waals surface area contributed by atoms with E-state index in [1.165, 1.54) is 7.14 Å². The maximum atomic E-state index is 2.21. The van der Waals surface area contributed by atoms with Crippen molar-refractivity contribution in [2.24, 2.45) is 0 Å². The molecule has 2 aromatic rings. The third-order valence-corrected chi connectivity index (χ3v) is 4.37. The molecule has 0 atom stereocenters. The molecule has 0 saturated carbocycles. The number of hydrogen-bond acceptors (Lipinski definition) is 0. The Bertz CT molecular complexity index is 316. The van der Waals surface area contributed by atoms with E-state index in [0.29, 0.717) is 0 Å². The average molecular weight is 281 g/mol. The third-order valence-electron chi connectivity index (χ3n) is 1.68. The van der Waals surface area contributed by atoms with Crippen LogP contribution in [-0.2, 0) is 0 Å². The summed E-state index contributed by atoms with van der Waals surface area (Å²) in [6.07, 6.45) is 0. The van der Waals surface area contributed by atoms with Gasteiger partial charge in [-0.05, 0) is 0 Å². The van der Waals surface area contributed by atoms with Crippen molar-refractivity contribution >= 4 is 0 Å². The van der Waals surface area contributed by atoms with Crippen molar-refractivity contribution in [1.82, 2.24) is 0 Å². The monoisotopic (exact) mass is 281 g/mol. The van der Waals surface area contributed by atoms with Gasteiger partial charge in [0.15, 0.2) is 0 Å². The first-order chi connectivity index (χ1) is 6.45. The van der Waals surface area contributed by atoms with E-state index in [2.05, 4.69) is 60.7 Å². The summed E-state index contributed by atoms with van der Waals surface area (Å²) in [4.78, 5) is 0. The molecule has 0 fully saturated rings. The van der Waals surface area contributed by atoms with Crippen molar-refractivity contribution in [3.8, 4) is 0 Å². The molecule has 0 amide bonds. The topological polar surface area (TPSA) is 0 Å². The van der Waals surface area contributed by atoms with Gasteiger partial charge in [0.25, 0.3) is 0 Å². The first kappa shape index (κ1) is 8.75. The number of hydrogen-bond donors (Lipinski definition) is 0. The molecule has 66 valence electrons. The van der Waals surface area contributed by atoms with Crippen LogP contribution in [0.5, 0.6) is 0 Å². The molecule has 0 nitrogen and oxygen atoms in total.